The van der Waals surface area contributed by atoms with Gasteiger partial charge < -0.3 is 0 Å². The van der Waals surface area contributed by atoms with Crippen molar-refractivity contribution in [1.29, 1.82) is 0 Å². The van der Waals surface area contributed by atoms with Crippen LogP contribution in [0.25, 0.3) is 0 Å². The van der Waals surface area contributed by atoms with Gasteiger partial charge in [-0.1, -0.05) is 0 Å². The van der Waals surface area contributed by atoms with E-state index in [1.807, 2.05) is 6.92 Å². The van der Waals surface area contributed by atoms with Crippen molar-refractivity contribution in [3.63, 3.8) is 0 Å². The number of fused-ring (bicyclic) bond motifs is 1. The smallest absolute Gasteiger partial charge is 0.162 e. The molecule has 0 aromatic heterocycles. The normalized spacial score (nSPS) is 27.9. The summed E-state index contributed by atoms with van der Waals surface area (Å²) in [5.74, 6) is 1.54. The summed E-state index contributed by atoms with van der Waals surface area (Å²) in [5.41, 5.74) is 0. The topological polar surface area (TPSA) is 49.4 Å². The van der Waals surface area contributed by atoms with Crippen LogP contribution in [0.4, 0.5) is 0 Å². The number of amidine groups is 2. The Bertz CT molecular complexity index is 271. The lowest BCUT2D eigenvalue weighted by molar-refractivity contribution is 1.16. The lowest BCUT2D eigenvalue weighted by atomic mass is 10.3. The molecule has 0 amide bonds. The first-order valence-corrected chi connectivity index (χ1v) is 3.05. The second-order valence-electron chi connectivity index (χ2n) is 2.13. The van der Waals surface area contributed by atoms with Gasteiger partial charge in [-0.15, -0.1) is 0 Å². The molecule has 0 aliphatic carbocycles. The van der Waals surface area contributed by atoms with Crippen LogP contribution >= 0.6 is 0 Å². The van der Waals surface area contributed by atoms with E-state index in [1.54, 1.807) is 6.21 Å². The van der Waals surface area contributed by atoms with Crippen molar-refractivity contribution in [1.82, 2.24) is 0 Å². The van der Waals surface area contributed by atoms with Gasteiger partial charge in [-0.05, 0) is 6.92 Å². The van der Waals surface area contributed by atoms with Crippen LogP contribution in [0.3, 0.4) is 0 Å². The van der Waals surface area contributed by atoms with E-state index in [2.05, 4.69) is 20.0 Å². The zero-order chi connectivity index (χ0) is 6.97. The molecule has 2 aliphatic rings. The van der Waals surface area contributed by atoms with Crippen LogP contribution in [0.15, 0.2) is 20.0 Å². The third-order valence-electron chi connectivity index (χ3n) is 1.35. The Balaban J connectivity index is 2.40. The van der Waals surface area contributed by atoms with E-state index in [0.717, 1.165) is 11.7 Å². The minimum absolute atomic E-state index is 0.00926. The van der Waals surface area contributed by atoms with Gasteiger partial charge in [0.2, 0.25) is 0 Å². The Morgan fingerprint density at radius 1 is 1.50 bits per heavy atom. The van der Waals surface area contributed by atoms with Crippen LogP contribution in [0.1, 0.15) is 6.92 Å². The summed E-state index contributed by atoms with van der Waals surface area (Å²) in [7, 11) is 0. The fourth-order valence-corrected chi connectivity index (χ4v) is 0.938. The molecule has 2 heterocycles. The molecule has 10 heavy (non-hydrogen) atoms. The van der Waals surface area contributed by atoms with Gasteiger partial charge in [0.05, 0.1) is 0 Å². The van der Waals surface area contributed by atoms with Crippen molar-refractivity contribution in [3.05, 3.63) is 0 Å². The van der Waals surface area contributed by atoms with Crippen molar-refractivity contribution < 1.29 is 0 Å². The second-order valence-corrected chi connectivity index (χ2v) is 2.13. The summed E-state index contributed by atoms with van der Waals surface area (Å²) in [5, 5.41) is 0. The number of aliphatic imine (C=N–C) groups is 4. The van der Waals surface area contributed by atoms with Crippen molar-refractivity contribution >= 4 is 24.2 Å². The van der Waals surface area contributed by atoms with Gasteiger partial charge in [0, 0.05) is 6.21 Å². The molecule has 4 heteroatoms. The molecule has 0 bridgehead atoms. The monoisotopic (exact) mass is 134 g/mol. The summed E-state index contributed by atoms with van der Waals surface area (Å²) in [6, 6.07) is -0.00926. The first kappa shape index (κ1) is 5.46. The maximum atomic E-state index is 4.16. The highest BCUT2D eigenvalue weighted by molar-refractivity contribution is 6.16. The van der Waals surface area contributed by atoms with Gasteiger partial charge in [0.15, 0.2) is 5.84 Å². The Hall–Kier alpha value is -1.32. The molecule has 0 aromatic carbocycles. The predicted molar refractivity (Wildman–Crippen MR) is 41.3 cm³/mol. The van der Waals surface area contributed by atoms with Gasteiger partial charge >= 0.3 is 0 Å². The highest BCUT2D eigenvalue weighted by Gasteiger charge is 2.19. The fourth-order valence-electron chi connectivity index (χ4n) is 0.938. The number of hydrogen-bond acceptors (Lipinski definition) is 4. The van der Waals surface area contributed by atoms with Crippen molar-refractivity contribution in [3.8, 4) is 0 Å². The van der Waals surface area contributed by atoms with Crippen molar-refractivity contribution in [2.45, 2.75) is 13.0 Å². The fraction of sp³-hybridized carbons (Fsp3) is 0.333. The van der Waals surface area contributed by atoms with E-state index >= 15 is 0 Å². The van der Waals surface area contributed by atoms with Gasteiger partial charge in [0.1, 0.15) is 18.2 Å². The molecule has 0 aromatic rings. The van der Waals surface area contributed by atoms with Gasteiger partial charge in [-0.2, -0.15) is 0 Å². The molecule has 2 aliphatic heterocycles. The largest absolute Gasteiger partial charge is 0.253 e. The second kappa shape index (κ2) is 1.83. The lowest BCUT2D eigenvalue weighted by Gasteiger charge is -2.01. The maximum absolute atomic E-state index is 4.16. The summed E-state index contributed by atoms with van der Waals surface area (Å²) in [6.07, 6.45) is 3.23. The van der Waals surface area contributed by atoms with E-state index in [0.29, 0.717) is 0 Å². The Kier molecular flexibility index (Phi) is 1.00. The summed E-state index contributed by atoms with van der Waals surface area (Å²) >= 11 is 0. The number of rotatable bonds is 0. The minimum atomic E-state index is -0.00926. The highest BCUT2D eigenvalue weighted by atomic mass is 15.1. The van der Waals surface area contributed by atoms with E-state index in [4.69, 9.17) is 0 Å². The summed E-state index contributed by atoms with van der Waals surface area (Å²) in [4.78, 5) is 16.1. The first-order chi connectivity index (χ1) is 4.86. The molecule has 0 N–H and O–H groups in total. The third-order valence-corrected chi connectivity index (χ3v) is 1.35. The highest BCUT2D eigenvalue weighted by Crippen LogP contribution is 2.06. The van der Waals surface area contributed by atoms with Crippen LogP contribution in [0.2, 0.25) is 0 Å². The molecular formula is C6H6N4. The summed E-state index contributed by atoms with van der Waals surface area (Å²) in [6.45, 7) is 1.86. The molecule has 0 saturated carbocycles. The lowest BCUT2D eigenvalue weighted by Crippen LogP contribution is -2.17. The van der Waals surface area contributed by atoms with E-state index in [1.165, 1.54) is 6.34 Å². The van der Waals surface area contributed by atoms with Gasteiger partial charge in [-0.3, -0.25) is 4.99 Å². The molecule has 50 valence electrons. The zero-order valence-corrected chi connectivity index (χ0v) is 5.52. The van der Waals surface area contributed by atoms with Crippen LogP contribution in [-0.2, 0) is 0 Å². The minimum Gasteiger partial charge on any atom is -0.253 e. The predicted octanol–water partition coefficient (Wildman–Crippen LogP) is 0.298. The van der Waals surface area contributed by atoms with Gasteiger partial charge in [-0.25, -0.2) is 15.0 Å². The molecule has 1 atom stereocenters. The van der Waals surface area contributed by atoms with Crippen LogP contribution in [-0.4, -0.2) is 30.3 Å². The third kappa shape index (κ3) is 0.689. The average Bonchev–Trinajstić information content (AvgIpc) is 2.27. The number of hydrogen-bond donors (Lipinski definition) is 0. The maximum Gasteiger partial charge on any atom is 0.162 e. The Labute approximate surface area is 58.1 Å². The summed E-state index contributed by atoms with van der Waals surface area (Å²) < 4.78 is 0. The first-order valence-electron chi connectivity index (χ1n) is 3.05. The molecule has 0 fully saturated rings. The van der Waals surface area contributed by atoms with Crippen molar-refractivity contribution in [2.24, 2.45) is 20.0 Å². The van der Waals surface area contributed by atoms with Crippen molar-refractivity contribution in [2.75, 3.05) is 0 Å². The molecule has 4 nitrogen and oxygen atoms in total. The van der Waals surface area contributed by atoms with Crippen LogP contribution in [0.5, 0.6) is 0 Å². The molecule has 0 radical (unpaired) electrons. The van der Waals surface area contributed by atoms with E-state index in [9.17, 15) is 0 Å². The zero-order valence-electron chi connectivity index (χ0n) is 5.52. The number of nitrogens with zero attached hydrogens (tertiary/aromatic N) is 4. The van der Waals surface area contributed by atoms with Crippen LogP contribution in [0, 0.1) is 0 Å². The average molecular weight is 134 g/mol. The SMILES string of the molecule is CC1=N[C@H]2C=NC=NC2=N1. The standard InChI is InChI=1S/C6H6N4/c1-4-9-5-2-7-3-8-6(5)10-4/h2-3,5H,1H3/t5-/m0/s1. The molecule has 0 spiro atoms. The molecular weight excluding hydrogens is 128 g/mol. The molecule has 0 saturated heterocycles. The Morgan fingerprint density at radius 3 is 3.20 bits per heavy atom. The van der Waals surface area contributed by atoms with Gasteiger partial charge in [0.25, 0.3) is 0 Å². The quantitative estimate of drug-likeness (QED) is 0.457. The van der Waals surface area contributed by atoms with E-state index < -0.39 is 0 Å². The van der Waals surface area contributed by atoms with Crippen LogP contribution < -0.4 is 0 Å². The molecule has 2 rings (SSSR count). The Morgan fingerprint density at radius 2 is 2.40 bits per heavy atom. The molecule has 0 unspecified atom stereocenters. The van der Waals surface area contributed by atoms with E-state index in [-0.39, 0.29) is 6.04 Å².